The smallest absolute Gasteiger partial charge is 0.152 e. The average Bonchev–Trinajstić information content (AvgIpc) is 2.86. The molecule has 3 N–H and O–H groups in total. The molecule has 0 heterocycles. The summed E-state index contributed by atoms with van der Waals surface area (Å²) in [6, 6.07) is 5.65. The Morgan fingerprint density at radius 3 is 2.59 bits per heavy atom. The zero-order valence-corrected chi connectivity index (χ0v) is 10.1. The topological polar surface area (TPSA) is 80.4 Å². The third-order valence-corrected chi connectivity index (χ3v) is 4.88. The molecule has 0 saturated heterocycles. The fourth-order valence-electron chi connectivity index (χ4n) is 2.44. The van der Waals surface area contributed by atoms with Crippen molar-refractivity contribution in [3.63, 3.8) is 0 Å². The van der Waals surface area contributed by atoms with Crippen LogP contribution in [0.25, 0.3) is 0 Å². The van der Waals surface area contributed by atoms with Crippen molar-refractivity contribution in [1.82, 2.24) is 0 Å². The lowest BCUT2D eigenvalue weighted by Crippen LogP contribution is -2.34. The first-order chi connectivity index (χ1) is 7.80. The lowest BCUT2D eigenvalue weighted by molar-refractivity contribution is 0.253. The standard InChI is InChI=1S/C11H14FNO3S/c1-17(15,16)10-9(11(10,13)6-14)7-3-2-4-8(12)5-7/h2-5,9-10,14H,6,13H2,1H3/t9-,10-,11-/m0/s1. The van der Waals surface area contributed by atoms with E-state index in [9.17, 15) is 17.9 Å². The summed E-state index contributed by atoms with van der Waals surface area (Å²) in [6.07, 6.45) is 1.08. The molecule has 0 amide bonds. The zero-order valence-electron chi connectivity index (χ0n) is 9.30. The van der Waals surface area contributed by atoms with E-state index in [-0.39, 0.29) is 0 Å². The summed E-state index contributed by atoms with van der Waals surface area (Å²) in [6.45, 7) is -0.439. The Labute approximate surface area is 99.2 Å². The van der Waals surface area contributed by atoms with Crippen LogP contribution in [0.1, 0.15) is 11.5 Å². The minimum absolute atomic E-state index is 0.439. The van der Waals surface area contributed by atoms with Crippen LogP contribution >= 0.6 is 0 Å². The van der Waals surface area contributed by atoms with Crippen LogP contribution in [0, 0.1) is 5.82 Å². The van der Waals surface area contributed by atoms with Gasteiger partial charge in [-0.15, -0.1) is 0 Å². The number of halogens is 1. The van der Waals surface area contributed by atoms with Gasteiger partial charge in [0.15, 0.2) is 9.84 Å². The van der Waals surface area contributed by atoms with Gasteiger partial charge in [0.25, 0.3) is 0 Å². The highest BCUT2D eigenvalue weighted by molar-refractivity contribution is 7.91. The highest BCUT2D eigenvalue weighted by atomic mass is 32.2. The van der Waals surface area contributed by atoms with Crippen LogP contribution in [0.3, 0.4) is 0 Å². The quantitative estimate of drug-likeness (QED) is 0.802. The molecular weight excluding hydrogens is 245 g/mol. The van der Waals surface area contributed by atoms with E-state index in [4.69, 9.17) is 5.73 Å². The zero-order chi connectivity index (χ0) is 12.8. The van der Waals surface area contributed by atoms with Gasteiger partial charge in [-0.3, -0.25) is 0 Å². The lowest BCUT2D eigenvalue weighted by atomic mass is 10.1. The van der Waals surface area contributed by atoms with Gasteiger partial charge in [-0.2, -0.15) is 0 Å². The molecule has 1 aromatic rings. The molecule has 1 aliphatic carbocycles. The fraction of sp³-hybridized carbons (Fsp3) is 0.455. The van der Waals surface area contributed by atoms with E-state index in [1.165, 1.54) is 18.2 Å². The van der Waals surface area contributed by atoms with Crippen molar-refractivity contribution in [1.29, 1.82) is 0 Å². The Morgan fingerprint density at radius 2 is 2.18 bits per heavy atom. The van der Waals surface area contributed by atoms with Gasteiger partial charge in [0.05, 0.1) is 17.4 Å². The van der Waals surface area contributed by atoms with Crippen LogP contribution in [0.2, 0.25) is 0 Å². The van der Waals surface area contributed by atoms with Crippen LogP contribution in [-0.2, 0) is 9.84 Å². The molecule has 2 rings (SSSR count). The summed E-state index contributed by atoms with van der Waals surface area (Å²) in [5.74, 6) is -0.986. The first-order valence-corrected chi connectivity index (χ1v) is 7.10. The van der Waals surface area contributed by atoms with Crippen molar-refractivity contribution < 1.29 is 17.9 Å². The first kappa shape index (κ1) is 12.5. The molecule has 0 spiro atoms. The summed E-state index contributed by atoms with van der Waals surface area (Å²) < 4.78 is 36.2. The summed E-state index contributed by atoms with van der Waals surface area (Å²) in [7, 11) is -3.37. The third kappa shape index (κ3) is 1.96. The molecule has 0 aromatic heterocycles. The Hall–Kier alpha value is -0.980. The van der Waals surface area contributed by atoms with Crippen LogP contribution in [0.15, 0.2) is 24.3 Å². The monoisotopic (exact) mass is 259 g/mol. The molecule has 0 radical (unpaired) electrons. The van der Waals surface area contributed by atoms with E-state index in [1.807, 2.05) is 0 Å². The van der Waals surface area contributed by atoms with Crippen molar-refractivity contribution in [3.05, 3.63) is 35.6 Å². The maximum Gasteiger partial charge on any atom is 0.152 e. The van der Waals surface area contributed by atoms with Gasteiger partial charge in [-0.25, -0.2) is 12.8 Å². The molecular formula is C11H14FNO3S. The number of rotatable bonds is 3. The van der Waals surface area contributed by atoms with Gasteiger partial charge < -0.3 is 10.8 Å². The van der Waals surface area contributed by atoms with Crippen LogP contribution in [0.4, 0.5) is 4.39 Å². The summed E-state index contributed by atoms with van der Waals surface area (Å²) in [5.41, 5.74) is 5.17. The number of benzene rings is 1. The minimum atomic E-state index is -3.37. The Bertz CT molecular complexity index is 545. The van der Waals surface area contributed by atoms with E-state index < -0.39 is 39.0 Å². The molecule has 1 aliphatic rings. The molecule has 0 bridgehead atoms. The van der Waals surface area contributed by atoms with Crippen LogP contribution < -0.4 is 5.73 Å². The Morgan fingerprint density at radius 1 is 1.53 bits per heavy atom. The van der Waals surface area contributed by atoms with Gasteiger partial charge in [0.1, 0.15) is 5.82 Å². The Kier molecular flexibility index (Phi) is 2.76. The maximum absolute atomic E-state index is 13.1. The molecule has 0 aliphatic heterocycles. The second-order valence-corrected chi connectivity index (χ2v) is 6.72. The highest BCUT2D eigenvalue weighted by Gasteiger charge is 2.67. The molecule has 1 aromatic carbocycles. The first-order valence-electron chi connectivity index (χ1n) is 5.15. The predicted octanol–water partition coefficient (Wildman–Crippen LogP) is 0.0259. The van der Waals surface area contributed by atoms with Crippen molar-refractivity contribution in [2.75, 3.05) is 12.9 Å². The molecule has 3 atom stereocenters. The van der Waals surface area contributed by atoms with Crippen molar-refractivity contribution in [2.24, 2.45) is 5.73 Å². The van der Waals surface area contributed by atoms with Gasteiger partial charge in [-0.05, 0) is 17.7 Å². The third-order valence-electron chi connectivity index (χ3n) is 3.25. The molecule has 1 saturated carbocycles. The van der Waals surface area contributed by atoms with Crippen molar-refractivity contribution >= 4 is 9.84 Å². The number of nitrogens with two attached hydrogens (primary N) is 1. The maximum atomic E-state index is 13.1. The molecule has 0 unspecified atom stereocenters. The van der Waals surface area contributed by atoms with E-state index in [2.05, 4.69) is 0 Å². The van der Waals surface area contributed by atoms with Gasteiger partial charge in [-0.1, -0.05) is 12.1 Å². The lowest BCUT2D eigenvalue weighted by Gasteiger charge is -2.06. The largest absolute Gasteiger partial charge is 0.394 e. The predicted molar refractivity (Wildman–Crippen MR) is 61.8 cm³/mol. The summed E-state index contributed by atoms with van der Waals surface area (Å²) in [5, 5.41) is 8.37. The highest BCUT2D eigenvalue weighted by Crippen LogP contribution is 2.53. The Balaban J connectivity index is 2.41. The molecule has 1 fully saturated rings. The van der Waals surface area contributed by atoms with Crippen molar-refractivity contribution in [2.45, 2.75) is 16.7 Å². The number of aliphatic hydroxyl groups is 1. The minimum Gasteiger partial charge on any atom is -0.394 e. The number of hydrogen-bond acceptors (Lipinski definition) is 4. The molecule has 6 heteroatoms. The normalized spacial score (nSPS) is 32.5. The number of sulfone groups is 1. The SMILES string of the molecule is CS(=O)(=O)[C@H]1[C@H](c2cccc(F)c2)[C@@]1(N)CO. The second-order valence-electron chi connectivity index (χ2n) is 4.55. The van der Waals surface area contributed by atoms with Crippen LogP contribution in [-0.4, -0.2) is 37.2 Å². The van der Waals surface area contributed by atoms with Gasteiger partial charge in [0.2, 0.25) is 0 Å². The van der Waals surface area contributed by atoms with Gasteiger partial charge in [0, 0.05) is 12.2 Å². The number of aliphatic hydroxyl groups excluding tert-OH is 1. The van der Waals surface area contributed by atoms with Crippen molar-refractivity contribution in [3.8, 4) is 0 Å². The summed E-state index contributed by atoms with van der Waals surface area (Å²) >= 11 is 0. The molecule has 94 valence electrons. The average molecular weight is 259 g/mol. The fourth-order valence-corrected chi connectivity index (χ4v) is 4.29. The molecule has 17 heavy (non-hydrogen) atoms. The molecule has 4 nitrogen and oxygen atoms in total. The van der Waals surface area contributed by atoms with E-state index in [0.717, 1.165) is 6.26 Å². The van der Waals surface area contributed by atoms with E-state index >= 15 is 0 Å². The number of hydrogen-bond donors (Lipinski definition) is 2. The summed E-state index contributed by atoms with van der Waals surface area (Å²) in [4.78, 5) is 0. The second kappa shape index (κ2) is 3.76. The van der Waals surface area contributed by atoms with Crippen LogP contribution in [0.5, 0.6) is 0 Å². The van der Waals surface area contributed by atoms with E-state index in [0.29, 0.717) is 5.56 Å². The van der Waals surface area contributed by atoms with E-state index in [1.54, 1.807) is 6.07 Å². The van der Waals surface area contributed by atoms with Gasteiger partial charge >= 0.3 is 0 Å².